The monoisotopic (exact) mass is 303 g/mol. The van der Waals surface area contributed by atoms with Crippen LogP contribution in [-0.4, -0.2) is 33.2 Å². The lowest BCUT2D eigenvalue weighted by Gasteiger charge is -2.30. The summed E-state index contributed by atoms with van der Waals surface area (Å²) in [4.78, 5) is 26.1. The maximum atomic E-state index is 12.7. The molecule has 3 rings (SSSR count). The maximum Gasteiger partial charge on any atom is 0.274 e. The van der Waals surface area contributed by atoms with E-state index in [1.807, 2.05) is 4.90 Å². The molecule has 2 fully saturated rings. The number of hydrogen-bond donors (Lipinski definition) is 0. The Labute approximate surface area is 131 Å². The normalized spacial score (nSPS) is 23.0. The van der Waals surface area contributed by atoms with Crippen molar-refractivity contribution >= 4 is 5.91 Å². The molecule has 2 heterocycles. The van der Waals surface area contributed by atoms with E-state index in [9.17, 15) is 9.59 Å². The van der Waals surface area contributed by atoms with Crippen molar-refractivity contribution in [1.82, 2.24) is 14.7 Å². The van der Waals surface area contributed by atoms with E-state index in [1.54, 1.807) is 13.1 Å². The van der Waals surface area contributed by atoms with Gasteiger partial charge in [0, 0.05) is 25.7 Å². The molecule has 1 aromatic heterocycles. The molecule has 1 aliphatic carbocycles. The maximum absolute atomic E-state index is 12.7. The van der Waals surface area contributed by atoms with Gasteiger partial charge >= 0.3 is 0 Å². The first-order valence-corrected chi connectivity index (χ1v) is 8.50. The highest BCUT2D eigenvalue weighted by Crippen LogP contribution is 2.32. The van der Waals surface area contributed by atoms with Crippen LogP contribution < -0.4 is 5.56 Å². The quantitative estimate of drug-likeness (QED) is 0.861. The van der Waals surface area contributed by atoms with E-state index >= 15 is 0 Å². The Bertz CT molecular complexity index is 590. The molecule has 1 saturated heterocycles. The summed E-state index contributed by atoms with van der Waals surface area (Å²) < 4.78 is 1.24. The smallest absolute Gasteiger partial charge is 0.274 e. The van der Waals surface area contributed by atoms with Gasteiger partial charge in [-0.15, -0.1) is 0 Å². The molecule has 1 aromatic rings. The molecule has 0 aromatic carbocycles. The molecule has 0 unspecified atom stereocenters. The van der Waals surface area contributed by atoms with Gasteiger partial charge in [0.2, 0.25) is 0 Å². The fourth-order valence-electron chi connectivity index (χ4n) is 3.92. The van der Waals surface area contributed by atoms with Crippen molar-refractivity contribution in [3.63, 3.8) is 0 Å². The average molecular weight is 303 g/mol. The lowest BCUT2D eigenvalue weighted by molar-refractivity contribution is 0.0703. The summed E-state index contributed by atoms with van der Waals surface area (Å²) in [5, 5.41) is 4.11. The van der Waals surface area contributed by atoms with E-state index in [-0.39, 0.29) is 11.5 Å². The molecule has 5 heteroatoms. The van der Waals surface area contributed by atoms with Gasteiger partial charge in [0.15, 0.2) is 0 Å². The lowest BCUT2D eigenvalue weighted by atomic mass is 9.84. The number of carbonyl (C=O) groups is 1. The number of amides is 1. The first kappa shape index (κ1) is 15.3. The zero-order chi connectivity index (χ0) is 15.5. The van der Waals surface area contributed by atoms with Crippen LogP contribution in [0.5, 0.6) is 0 Å². The lowest BCUT2D eigenvalue weighted by Crippen LogP contribution is -2.38. The zero-order valence-electron chi connectivity index (χ0n) is 13.3. The molecule has 1 saturated carbocycles. The number of aromatic nitrogens is 2. The van der Waals surface area contributed by atoms with Crippen molar-refractivity contribution in [3.8, 4) is 0 Å². The minimum absolute atomic E-state index is 0.0195. The fourth-order valence-corrected chi connectivity index (χ4v) is 3.92. The van der Waals surface area contributed by atoms with Crippen molar-refractivity contribution in [2.24, 2.45) is 13.0 Å². The number of carbonyl (C=O) groups excluding carboxylic acids is 1. The SMILES string of the molecule is Cn1nc(C(=O)N2CCC[C@H]2CC2CCCCC2)ccc1=O. The first-order chi connectivity index (χ1) is 10.6. The van der Waals surface area contributed by atoms with Crippen LogP contribution >= 0.6 is 0 Å². The fraction of sp³-hybridized carbons (Fsp3) is 0.706. The molecule has 1 amide bonds. The largest absolute Gasteiger partial charge is 0.334 e. The van der Waals surface area contributed by atoms with Crippen LogP contribution in [0, 0.1) is 5.92 Å². The van der Waals surface area contributed by atoms with E-state index in [0.29, 0.717) is 11.7 Å². The molecule has 120 valence electrons. The highest BCUT2D eigenvalue weighted by atomic mass is 16.2. The predicted molar refractivity (Wildman–Crippen MR) is 84.7 cm³/mol. The van der Waals surface area contributed by atoms with Crippen LogP contribution in [0.15, 0.2) is 16.9 Å². The average Bonchev–Trinajstić information content (AvgIpc) is 2.98. The summed E-state index contributed by atoms with van der Waals surface area (Å²) in [6.07, 6.45) is 10.0. The summed E-state index contributed by atoms with van der Waals surface area (Å²) in [6.45, 7) is 0.820. The van der Waals surface area contributed by atoms with E-state index in [4.69, 9.17) is 0 Å². The van der Waals surface area contributed by atoms with Crippen LogP contribution in [-0.2, 0) is 7.05 Å². The Balaban J connectivity index is 1.70. The summed E-state index contributed by atoms with van der Waals surface area (Å²) in [5.74, 6) is 0.758. The van der Waals surface area contributed by atoms with E-state index < -0.39 is 0 Å². The molecule has 0 radical (unpaired) electrons. The molecular formula is C17H25N3O2. The molecule has 5 nitrogen and oxygen atoms in total. The topological polar surface area (TPSA) is 55.2 Å². The second kappa shape index (κ2) is 6.63. The van der Waals surface area contributed by atoms with Crippen LogP contribution in [0.1, 0.15) is 61.9 Å². The van der Waals surface area contributed by atoms with E-state index in [2.05, 4.69) is 5.10 Å². The van der Waals surface area contributed by atoms with Crippen molar-refractivity contribution < 1.29 is 4.79 Å². The minimum Gasteiger partial charge on any atom is -0.334 e. The Kier molecular flexibility index (Phi) is 4.60. The van der Waals surface area contributed by atoms with Gasteiger partial charge in [-0.2, -0.15) is 5.10 Å². The highest BCUT2D eigenvalue weighted by molar-refractivity contribution is 5.92. The third-order valence-electron chi connectivity index (χ3n) is 5.15. The van der Waals surface area contributed by atoms with Crippen molar-refractivity contribution in [3.05, 3.63) is 28.2 Å². The Morgan fingerprint density at radius 1 is 1.18 bits per heavy atom. The van der Waals surface area contributed by atoms with Gasteiger partial charge < -0.3 is 4.90 Å². The van der Waals surface area contributed by atoms with Crippen LogP contribution in [0.4, 0.5) is 0 Å². The second-order valence-corrected chi connectivity index (χ2v) is 6.71. The standard InChI is InChI=1S/C17H25N3O2/c1-19-16(21)10-9-15(18-19)17(22)20-11-5-8-14(20)12-13-6-3-2-4-7-13/h9-10,13-14H,2-8,11-12H2,1H3/t14-/m0/s1. The number of hydrogen-bond acceptors (Lipinski definition) is 3. The van der Waals surface area contributed by atoms with E-state index in [1.165, 1.54) is 42.9 Å². The molecular weight excluding hydrogens is 278 g/mol. The number of nitrogens with zero attached hydrogens (tertiary/aromatic N) is 3. The molecule has 1 aliphatic heterocycles. The molecule has 1 atom stereocenters. The van der Waals surface area contributed by atoms with Gasteiger partial charge in [-0.05, 0) is 31.2 Å². The second-order valence-electron chi connectivity index (χ2n) is 6.71. The molecule has 0 bridgehead atoms. The Morgan fingerprint density at radius 3 is 2.68 bits per heavy atom. The molecule has 0 spiro atoms. The third kappa shape index (κ3) is 3.23. The summed E-state index contributed by atoms with van der Waals surface area (Å²) >= 11 is 0. The van der Waals surface area contributed by atoms with Crippen LogP contribution in [0.2, 0.25) is 0 Å². The van der Waals surface area contributed by atoms with Crippen molar-refractivity contribution in [2.45, 2.75) is 57.4 Å². The first-order valence-electron chi connectivity index (χ1n) is 8.50. The van der Waals surface area contributed by atoms with Crippen LogP contribution in [0.3, 0.4) is 0 Å². The predicted octanol–water partition coefficient (Wildman–Crippen LogP) is 2.36. The van der Waals surface area contributed by atoms with Gasteiger partial charge in [-0.1, -0.05) is 32.1 Å². The zero-order valence-corrected chi connectivity index (χ0v) is 13.3. The number of aryl methyl sites for hydroxylation is 1. The Morgan fingerprint density at radius 2 is 1.95 bits per heavy atom. The van der Waals surface area contributed by atoms with E-state index in [0.717, 1.165) is 31.7 Å². The third-order valence-corrected chi connectivity index (χ3v) is 5.15. The summed E-state index contributed by atoms with van der Waals surface area (Å²) in [6, 6.07) is 3.34. The Hall–Kier alpha value is -1.65. The van der Waals surface area contributed by atoms with Crippen LogP contribution in [0.25, 0.3) is 0 Å². The van der Waals surface area contributed by atoms with Gasteiger partial charge in [-0.3, -0.25) is 9.59 Å². The number of likely N-dealkylation sites (tertiary alicyclic amines) is 1. The number of rotatable bonds is 3. The van der Waals surface area contributed by atoms with Gasteiger partial charge in [0.1, 0.15) is 5.69 Å². The molecule has 2 aliphatic rings. The molecule has 0 N–H and O–H groups in total. The summed E-state index contributed by atoms with van der Waals surface area (Å²) in [5.41, 5.74) is 0.203. The summed E-state index contributed by atoms with van der Waals surface area (Å²) in [7, 11) is 1.59. The minimum atomic E-state index is -0.184. The van der Waals surface area contributed by atoms with Gasteiger partial charge in [0.05, 0.1) is 0 Å². The highest BCUT2D eigenvalue weighted by Gasteiger charge is 2.32. The van der Waals surface area contributed by atoms with Gasteiger partial charge in [0.25, 0.3) is 11.5 Å². The molecule has 22 heavy (non-hydrogen) atoms. The van der Waals surface area contributed by atoms with Crippen molar-refractivity contribution in [1.29, 1.82) is 0 Å². The van der Waals surface area contributed by atoms with Crippen molar-refractivity contribution in [2.75, 3.05) is 6.54 Å². The van der Waals surface area contributed by atoms with Gasteiger partial charge in [-0.25, -0.2) is 4.68 Å².